The monoisotopic (exact) mass is 386 g/mol. The van der Waals surface area contributed by atoms with E-state index in [0.717, 1.165) is 33.2 Å². The molecule has 0 aliphatic carbocycles. The molecule has 0 spiro atoms. The lowest BCUT2D eigenvalue weighted by molar-refractivity contribution is 0.173. The Balaban J connectivity index is 1.30. The van der Waals surface area contributed by atoms with Crippen molar-refractivity contribution in [1.82, 2.24) is 10.6 Å². The molecule has 5 heteroatoms. The maximum atomic E-state index is 12.2. The Kier molecular flexibility index (Phi) is 5.59. The van der Waals surface area contributed by atoms with Crippen LogP contribution in [0.2, 0.25) is 0 Å². The standard InChI is InChI=1S/C24H22N2O3/c27-22(18-10-12-19(13-11-18)23-9-4-14-29-23)16-26-24(28)25-15-20-7-3-6-17-5-1-2-8-21(17)20/h1-14,22,27H,15-16H2,(H2,25,26,28)/t22-/m1/s1. The summed E-state index contributed by atoms with van der Waals surface area (Å²) in [5.74, 6) is 0.775. The molecule has 3 aromatic carbocycles. The molecule has 0 unspecified atom stereocenters. The first-order chi connectivity index (χ1) is 14.2. The second kappa shape index (κ2) is 8.63. The Morgan fingerprint density at radius 1 is 0.897 bits per heavy atom. The third kappa shape index (κ3) is 4.47. The Hall–Kier alpha value is -3.57. The highest BCUT2D eigenvalue weighted by Gasteiger charge is 2.11. The van der Waals surface area contributed by atoms with Crippen molar-refractivity contribution in [3.05, 3.63) is 96.3 Å². The van der Waals surface area contributed by atoms with E-state index in [1.165, 1.54) is 0 Å². The second-order valence-electron chi connectivity index (χ2n) is 6.82. The number of furan rings is 1. The summed E-state index contributed by atoms with van der Waals surface area (Å²) < 4.78 is 5.36. The van der Waals surface area contributed by atoms with Crippen molar-refractivity contribution in [3.8, 4) is 11.3 Å². The summed E-state index contributed by atoms with van der Waals surface area (Å²) in [6, 6.07) is 24.9. The highest BCUT2D eigenvalue weighted by molar-refractivity contribution is 5.86. The van der Waals surface area contributed by atoms with Crippen LogP contribution < -0.4 is 10.6 Å². The van der Waals surface area contributed by atoms with Gasteiger partial charge in [0, 0.05) is 18.7 Å². The molecule has 4 rings (SSSR count). The normalized spacial score (nSPS) is 11.9. The van der Waals surface area contributed by atoms with E-state index in [4.69, 9.17) is 4.42 Å². The van der Waals surface area contributed by atoms with Crippen molar-refractivity contribution in [2.24, 2.45) is 0 Å². The number of carbonyl (C=O) groups excluding carboxylic acids is 1. The summed E-state index contributed by atoms with van der Waals surface area (Å²) in [6.07, 6.45) is 0.836. The fraction of sp³-hybridized carbons (Fsp3) is 0.125. The van der Waals surface area contributed by atoms with Gasteiger partial charge in [-0.05, 0) is 34.0 Å². The van der Waals surface area contributed by atoms with E-state index in [2.05, 4.69) is 10.6 Å². The average molecular weight is 386 g/mol. The fourth-order valence-electron chi connectivity index (χ4n) is 3.30. The molecule has 0 saturated carbocycles. The first kappa shape index (κ1) is 18.8. The van der Waals surface area contributed by atoms with E-state index in [1.54, 1.807) is 6.26 Å². The largest absolute Gasteiger partial charge is 0.464 e. The molecule has 0 fully saturated rings. The maximum absolute atomic E-state index is 12.2. The van der Waals surface area contributed by atoms with E-state index < -0.39 is 6.10 Å². The summed E-state index contributed by atoms with van der Waals surface area (Å²) in [7, 11) is 0. The van der Waals surface area contributed by atoms with Crippen LogP contribution in [-0.2, 0) is 6.54 Å². The first-order valence-electron chi connectivity index (χ1n) is 9.51. The van der Waals surface area contributed by atoms with Gasteiger partial charge in [0.15, 0.2) is 0 Å². The Morgan fingerprint density at radius 3 is 2.48 bits per heavy atom. The van der Waals surface area contributed by atoms with Crippen LogP contribution in [0.1, 0.15) is 17.2 Å². The van der Waals surface area contributed by atoms with Gasteiger partial charge in [-0.15, -0.1) is 0 Å². The number of rotatable bonds is 6. The van der Waals surface area contributed by atoms with E-state index in [9.17, 15) is 9.90 Å². The molecule has 1 atom stereocenters. The summed E-state index contributed by atoms with van der Waals surface area (Å²) in [5, 5.41) is 18.2. The molecule has 0 aliphatic rings. The predicted molar refractivity (Wildman–Crippen MR) is 113 cm³/mol. The summed E-state index contributed by atoms with van der Waals surface area (Å²) >= 11 is 0. The van der Waals surface area contributed by atoms with E-state index in [-0.39, 0.29) is 12.6 Å². The number of nitrogens with one attached hydrogen (secondary N) is 2. The molecule has 1 heterocycles. The summed E-state index contributed by atoms with van der Waals surface area (Å²) in [4.78, 5) is 12.2. The number of benzene rings is 3. The smallest absolute Gasteiger partial charge is 0.315 e. The number of fused-ring (bicyclic) bond motifs is 1. The number of carbonyl (C=O) groups is 1. The van der Waals surface area contributed by atoms with Crippen LogP contribution >= 0.6 is 0 Å². The number of hydrogen-bond acceptors (Lipinski definition) is 3. The van der Waals surface area contributed by atoms with Crippen molar-refractivity contribution >= 4 is 16.8 Å². The molecule has 0 radical (unpaired) electrons. The van der Waals surface area contributed by atoms with Gasteiger partial charge in [-0.25, -0.2) is 4.79 Å². The van der Waals surface area contributed by atoms with Gasteiger partial charge in [0.25, 0.3) is 0 Å². The van der Waals surface area contributed by atoms with Crippen molar-refractivity contribution in [1.29, 1.82) is 0 Å². The van der Waals surface area contributed by atoms with E-state index in [0.29, 0.717) is 6.54 Å². The molecule has 5 nitrogen and oxygen atoms in total. The van der Waals surface area contributed by atoms with Crippen LogP contribution in [0.15, 0.2) is 89.5 Å². The van der Waals surface area contributed by atoms with Crippen molar-refractivity contribution in [2.45, 2.75) is 12.6 Å². The zero-order valence-electron chi connectivity index (χ0n) is 15.8. The average Bonchev–Trinajstić information content (AvgIpc) is 3.31. The second-order valence-corrected chi connectivity index (χ2v) is 6.82. The van der Waals surface area contributed by atoms with Gasteiger partial charge in [0.2, 0.25) is 0 Å². The van der Waals surface area contributed by atoms with Crippen molar-refractivity contribution < 1.29 is 14.3 Å². The van der Waals surface area contributed by atoms with Crippen molar-refractivity contribution in [3.63, 3.8) is 0 Å². The highest BCUT2D eigenvalue weighted by Crippen LogP contribution is 2.22. The summed E-state index contributed by atoms with van der Waals surface area (Å²) in [6.45, 7) is 0.544. The number of urea groups is 1. The number of hydrogen-bond donors (Lipinski definition) is 3. The van der Waals surface area contributed by atoms with Crippen LogP contribution in [0.3, 0.4) is 0 Å². The number of aliphatic hydroxyl groups excluding tert-OH is 1. The lowest BCUT2D eigenvalue weighted by Gasteiger charge is -2.14. The topological polar surface area (TPSA) is 74.5 Å². The SMILES string of the molecule is O=C(NCc1cccc2ccccc12)NC[C@@H](O)c1ccc(-c2ccco2)cc1. The molecule has 0 saturated heterocycles. The quantitative estimate of drug-likeness (QED) is 0.452. The molecule has 146 valence electrons. The van der Waals surface area contributed by atoms with Crippen LogP contribution in [0.5, 0.6) is 0 Å². The van der Waals surface area contributed by atoms with E-state index >= 15 is 0 Å². The summed E-state index contributed by atoms with van der Waals surface area (Å²) in [5.41, 5.74) is 2.72. The Bertz CT molecular complexity index is 1080. The van der Waals surface area contributed by atoms with E-state index in [1.807, 2.05) is 78.9 Å². The number of aliphatic hydroxyl groups is 1. The predicted octanol–water partition coefficient (Wildman–Crippen LogP) is 4.63. The minimum Gasteiger partial charge on any atom is -0.464 e. The molecule has 4 aromatic rings. The maximum Gasteiger partial charge on any atom is 0.315 e. The van der Waals surface area contributed by atoms with Crippen molar-refractivity contribution in [2.75, 3.05) is 6.54 Å². The van der Waals surface area contributed by atoms with Gasteiger partial charge in [-0.3, -0.25) is 0 Å². The molecular weight excluding hydrogens is 364 g/mol. The lowest BCUT2D eigenvalue weighted by atomic mass is 10.0. The zero-order chi connectivity index (χ0) is 20.1. The Morgan fingerprint density at radius 2 is 1.69 bits per heavy atom. The third-order valence-corrected chi connectivity index (χ3v) is 4.88. The molecule has 0 bridgehead atoms. The molecule has 0 aliphatic heterocycles. The lowest BCUT2D eigenvalue weighted by Crippen LogP contribution is -2.37. The third-order valence-electron chi connectivity index (χ3n) is 4.88. The molecular formula is C24H22N2O3. The number of amides is 2. The Labute approximate surface area is 169 Å². The zero-order valence-corrected chi connectivity index (χ0v) is 15.8. The van der Waals surface area contributed by atoms with Crippen LogP contribution in [0, 0.1) is 0 Å². The van der Waals surface area contributed by atoms with Gasteiger partial charge in [-0.1, -0.05) is 66.7 Å². The minimum absolute atomic E-state index is 0.126. The van der Waals surface area contributed by atoms with Crippen LogP contribution in [0.4, 0.5) is 4.79 Å². The molecule has 1 aromatic heterocycles. The molecule has 29 heavy (non-hydrogen) atoms. The van der Waals surface area contributed by atoms with Gasteiger partial charge in [0.05, 0.1) is 12.4 Å². The van der Waals surface area contributed by atoms with Crippen LogP contribution in [0.25, 0.3) is 22.1 Å². The van der Waals surface area contributed by atoms with Gasteiger partial charge in [0.1, 0.15) is 5.76 Å². The first-order valence-corrected chi connectivity index (χ1v) is 9.51. The fourth-order valence-corrected chi connectivity index (χ4v) is 3.30. The minimum atomic E-state index is -0.788. The van der Waals surface area contributed by atoms with Crippen LogP contribution in [-0.4, -0.2) is 17.7 Å². The molecule has 2 amide bonds. The molecule has 3 N–H and O–H groups in total. The van der Waals surface area contributed by atoms with Gasteiger partial charge >= 0.3 is 6.03 Å². The highest BCUT2D eigenvalue weighted by atomic mass is 16.3. The van der Waals surface area contributed by atoms with Gasteiger partial charge < -0.3 is 20.2 Å². The van der Waals surface area contributed by atoms with Gasteiger partial charge in [-0.2, -0.15) is 0 Å².